The zero-order valence-electron chi connectivity index (χ0n) is 27.2. The van der Waals surface area contributed by atoms with Gasteiger partial charge >= 0.3 is 0 Å². The fraction of sp³-hybridized carbons (Fsp3) is 0.186. The van der Waals surface area contributed by atoms with Gasteiger partial charge in [0.1, 0.15) is 0 Å². The van der Waals surface area contributed by atoms with Gasteiger partial charge in [0.05, 0.1) is 4.88 Å². The third kappa shape index (κ3) is 6.14. The first-order valence-electron chi connectivity index (χ1n) is 16.8. The Bertz CT molecular complexity index is 2090. The average molecular weight is 633 g/mol. The third-order valence-electron chi connectivity index (χ3n) is 9.20. The van der Waals surface area contributed by atoms with E-state index in [1.165, 1.54) is 68.2 Å². The molecule has 234 valence electrons. The van der Waals surface area contributed by atoms with Gasteiger partial charge in [0, 0.05) is 50.3 Å². The molecule has 0 aliphatic carbocycles. The number of hydrogen-bond donors (Lipinski definition) is 0. The van der Waals surface area contributed by atoms with Gasteiger partial charge in [0.2, 0.25) is 0 Å². The molecule has 5 aromatic carbocycles. The quantitative estimate of drug-likeness (QED) is 0.0989. The standard InChI is InChI=1S/C43H40N2OS/c1-3-5-6-9-14-33-29-42(47-43(33)30-46)34-22-26-41-39(28-34)38-27-32(21-25-40(38)44(41)4-2)31-19-23-37(24-20-31)45(35-15-10-7-11-16-35)36-17-12-8-13-18-36/h7-8,10-13,15-30H,3-6,9,14H2,1-2H3. The van der Waals surface area contributed by atoms with Gasteiger partial charge in [-0.15, -0.1) is 11.3 Å². The first-order chi connectivity index (χ1) is 23.2. The van der Waals surface area contributed by atoms with Crippen molar-refractivity contribution in [3.8, 4) is 21.6 Å². The molecule has 0 N–H and O–H groups in total. The van der Waals surface area contributed by atoms with Gasteiger partial charge in [0.15, 0.2) is 6.29 Å². The summed E-state index contributed by atoms with van der Waals surface area (Å²) in [5, 5.41) is 2.51. The number of para-hydroxylation sites is 2. The molecule has 0 saturated heterocycles. The Labute approximate surface area is 281 Å². The Kier molecular flexibility index (Phi) is 9.03. The van der Waals surface area contributed by atoms with Gasteiger partial charge in [0.25, 0.3) is 0 Å². The Morgan fingerprint density at radius 1 is 0.617 bits per heavy atom. The van der Waals surface area contributed by atoms with Crippen molar-refractivity contribution in [2.75, 3.05) is 4.90 Å². The molecule has 0 radical (unpaired) electrons. The summed E-state index contributed by atoms with van der Waals surface area (Å²) in [6.45, 7) is 5.35. The monoisotopic (exact) mass is 632 g/mol. The first kappa shape index (κ1) is 30.7. The number of benzene rings is 5. The Morgan fingerprint density at radius 3 is 1.79 bits per heavy atom. The van der Waals surface area contributed by atoms with Crippen LogP contribution >= 0.6 is 11.3 Å². The fourth-order valence-electron chi connectivity index (χ4n) is 6.80. The van der Waals surface area contributed by atoms with Crippen LogP contribution in [0.15, 0.2) is 127 Å². The number of fused-ring (bicyclic) bond motifs is 3. The van der Waals surface area contributed by atoms with Crippen molar-refractivity contribution < 1.29 is 4.79 Å². The van der Waals surface area contributed by atoms with Crippen LogP contribution in [0.5, 0.6) is 0 Å². The molecule has 0 bridgehead atoms. The van der Waals surface area contributed by atoms with E-state index in [0.717, 1.165) is 47.6 Å². The number of aryl methyl sites for hydroxylation is 2. The summed E-state index contributed by atoms with van der Waals surface area (Å²) in [6.07, 6.45) is 6.83. The van der Waals surface area contributed by atoms with Crippen LogP contribution in [0.1, 0.15) is 54.8 Å². The Hall–Kier alpha value is -4.93. The number of unbranched alkanes of at least 4 members (excludes halogenated alkanes) is 3. The van der Waals surface area contributed by atoms with Crippen LogP contribution in [0, 0.1) is 0 Å². The molecule has 7 aromatic rings. The summed E-state index contributed by atoms with van der Waals surface area (Å²) in [6, 6.07) is 45.9. The predicted molar refractivity (Wildman–Crippen MR) is 202 cm³/mol. The van der Waals surface area contributed by atoms with E-state index in [-0.39, 0.29) is 0 Å². The highest BCUT2D eigenvalue weighted by molar-refractivity contribution is 7.17. The minimum absolute atomic E-state index is 0.872. The SMILES string of the molecule is CCCCCCc1cc(-c2ccc3c(c2)c2cc(-c4ccc(N(c5ccccc5)c5ccccc5)cc4)ccc2n3CC)sc1C=O. The van der Waals surface area contributed by atoms with E-state index in [4.69, 9.17) is 0 Å². The minimum Gasteiger partial charge on any atom is -0.341 e. The maximum absolute atomic E-state index is 12.0. The summed E-state index contributed by atoms with van der Waals surface area (Å²) < 4.78 is 2.41. The topological polar surface area (TPSA) is 25.2 Å². The van der Waals surface area contributed by atoms with Crippen LogP contribution < -0.4 is 4.90 Å². The van der Waals surface area contributed by atoms with Gasteiger partial charge in [-0.1, -0.05) is 86.8 Å². The van der Waals surface area contributed by atoms with Gasteiger partial charge in [-0.2, -0.15) is 0 Å². The normalized spacial score (nSPS) is 11.4. The molecule has 0 amide bonds. The lowest BCUT2D eigenvalue weighted by atomic mass is 10.0. The molecular weight excluding hydrogens is 593 g/mol. The van der Waals surface area contributed by atoms with Crippen molar-refractivity contribution in [2.45, 2.75) is 52.5 Å². The summed E-state index contributed by atoms with van der Waals surface area (Å²) in [5.74, 6) is 0. The molecule has 2 aromatic heterocycles. The zero-order chi connectivity index (χ0) is 32.2. The van der Waals surface area contributed by atoms with Crippen molar-refractivity contribution in [3.63, 3.8) is 0 Å². The second-order valence-corrected chi connectivity index (χ2v) is 13.3. The average Bonchev–Trinajstić information content (AvgIpc) is 3.69. The van der Waals surface area contributed by atoms with Crippen LogP contribution in [0.25, 0.3) is 43.4 Å². The molecule has 0 aliphatic heterocycles. The highest BCUT2D eigenvalue weighted by Crippen LogP contribution is 2.39. The predicted octanol–water partition coefficient (Wildman–Crippen LogP) is 12.6. The summed E-state index contributed by atoms with van der Waals surface area (Å²) in [4.78, 5) is 16.3. The number of aromatic nitrogens is 1. The van der Waals surface area contributed by atoms with E-state index in [2.05, 4.69) is 151 Å². The maximum Gasteiger partial charge on any atom is 0.160 e. The van der Waals surface area contributed by atoms with Crippen LogP contribution in [0.2, 0.25) is 0 Å². The number of carbonyl (C=O) groups excluding carboxylic acids is 1. The summed E-state index contributed by atoms with van der Waals surface area (Å²) in [7, 11) is 0. The molecular formula is C43H40N2OS. The Balaban J connectivity index is 1.25. The van der Waals surface area contributed by atoms with Crippen molar-refractivity contribution in [2.24, 2.45) is 0 Å². The van der Waals surface area contributed by atoms with Crippen LogP contribution in [-0.2, 0) is 13.0 Å². The van der Waals surface area contributed by atoms with Gasteiger partial charge in [-0.3, -0.25) is 4.79 Å². The van der Waals surface area contributed by atoms with E-state index in [1.54, 1.807) is 11.3 Å². The molecule has 7 rings (SSSR count). The smallest absolute Gasteiger partial charge is 0.160 e. The molecule has 0 atom stereocenters. The van der Waals surface area contributed by atoms with Gasteiger partial charge in [-0.25, -0.2) is 0 Å². The van der Waals surface area contributed by atoms with Crippen molar-refractivity contribution in [1.82, 2.24) is 4.57 Å². The van der Waals surface area contributed by atoms with Gasteiger partial charge < -0.3 is 9.47 Å². The number of hydrogen-bond acceptors (Lipinski definition) is 3. The van der Waals surface area contributed by atoms with E-state index in [0.29, 0.717) is 0 Å². The second kappa shape index (κ2) is 13.8. The summed E-state index contributed by atoms with van der Waals surface area (Å²) in [5.41, 5.74) is 10.6. The molecule has 4 heteroatoms. The van der Waals surface area contributed by atoms with Crippen molar-refractivity contribution in [3.05, 3.63) is 138 Å². The fourth-order valence-corrected chi connectivity index (χ4v) is 7.83. The molecule has 2 heterocycles. The van der Waals surface area contributed by atoms with E-state index in [9.17, 15) is 4.79 Å². The lowest BCUT2D eigenvalue weighted by Crippen LogP contribution is -2.09. The van der Waals surface area contributed by atoms with Gasteiger partial charge in [-0.05, 0) is 109 Å². The molecule has 47 heavy (non-hydrogen) atoms. The van der Waals surface area contributed by atoms with Crippen molar-refractivity contribution in [1.29, 1.82) is 0 Å². The molecule has 0 fully saturated rings. The van der Waals surface area contributed by atoms with Crippen LogP contribution in [0.3, 0.4) is 0 Å². The first-order valence-corrected chi connectivity index (χ1v) is 17.6. The lowest BCUT2D eigenvalue weighted by Gasteiger charge is -2.25. The lowest BCUT2D eigenvalue weighted by molar-refractivity contribution is 0.112. The van der Waals surface area contributed by atoms with E-state index >= 15 is 0 Å². The van der Waals surface area contributed by atoms with E-state index < -0.39 is 0 Å². The Morgan fingerprint density at radius 2 is 1.19 bits per heavy atom. The number of aldehydes is 1. The third-order valence-corrected chi connectivity index (χ3v) is 10.4. The minimum atomic E-state index is 0.872. The molecule has 3 nitrogen and oxygen atoms in total. The maximum atomic E-state index is 12.0. The van der Waals surface area contributed by atoms with Crippen LogP contribution in [0.4, 0.5) is 17.1 Å². The molecule has 0 aliphatic rings. The molecule has 0 unspecified atom stereocenters. The molecule has 0 saturated carbocycles. The highest BCUT2D eigenvalue weighted by atomic mass is 32.1. The second-order valence-electron chi connectivity index (χ2n) is 12.2. The van der Waals surface area contributed by atoms with Crippen molar-refractivity contribution >= 4 is 56.5 Å². The number of nitrogens with zero attached hydrogens (tertiary/aromatic N) is 2. The van der Waals surface area contributed by atoms with Crippen LogP contribution in [-0.4, -0.2) is 10.9 Å². The number of anilines is 3. The zero-order valence-corrected chi connectivity index (χ0v) is 28.0. The number of thiophene rings is 1. The van der Waals surface area contributed by atoms with E-state index in [1.807, 2.05) is 0 Å². The number of carbonyl (C=O) groups is 1. The number of rotatable bonds is 12. The highest BCUT2D eigenvalue weighted by Gasteiger charge is 2.16. The largest absolute Gasteiger partial charge is 0.341 e. The molecule has 0 spiro atoms. The summed E-state index contributed by atoms with van der Waals surface area (Å²) >= 11 is 1.62.